The van der Waals surface area contributed by atoms with Gasteiger partial charge in [-0.15, -0.1) is 0 Å². The number of hydrogen-bond acceptors (Lipinski definition) is 3. The molecule has 0 bridgehead atoms. The molecule has 1 aliphatic heterocycles. The Hall–Kier alpha value is -1.49. The lowest BCUT2D eigenvalue weighted by atomic mass is 10.1. The molecule has 0 spiro atoms. The molecule has 2 heterocycles. The molecule has 0 radical (unpaired) electrons. The first kappa shape index (κ1) is 13.9. The first-order valence-electron chi connectivity index (χ1n) is 6.95. The molecule has 1 aromatic heterocycles. The zero-order valence-corrected chi connectivity index (χ0v) is 11.9. The smallest absolute Gasteiger partial charge is 0.270 e. The Morgan fingerprint density at radius 1 is 1.53 bits per heavy atom. The van der Waals surface area contributed by atoms with E-state index in [0.717, 1.165) is 13.0 Å². The molecular weight excluding hydrogens is 242 g/mol. The van der Waals surface area contributed by atoms with Crippen molar-refractivity contribution in [2.24, 2.45) is 0 Å². The number of rotatable bonds is 3. The molecule has 1 aromatic rings. The van der Waals surface area contributed by atoms with Gasteiger partial charge in [0.05, 0.1) is 24.4 Å². The fourth-order valence-electron chi connectivity index (χ4n) is 2.55. The second-order valence-corrected chi connectivity index (χ2v) is 5.11. The van der Waals surface area contributed by atoms with Crippen LogP contribution in [0.15, 0.2) is 12.3 Å². The highest BCUT2D eigenvalue weighted by Crippen LogP contribution is 2.20. The van der Waals surface area contributed by atoms with E-state index in [9.17, 15) is 4.79 Å². The quantitative estimate of drug-likeness (QED) is 0.905. The maximum atomic E-state index is 12.7. The molecule has 0 aliphatic carbocycles. The van der Waals surface area contributed by atoms with Gasteiger partial charge in [-0.2, -0.15) is 0 Å². The number of hydrogen-bond donors (Lipinski definition) is 1. The highest BCUT2D eigenvalue weighted by atomic mass is 16.5. The second kappa shape index (κ2) is 5.65. The second-order valence-electron chi connectivity index (χ2n) is 5.11. The fraction of sp³-hybridized carbons (Fsp3) is 0.643. The molecule has 0 aromatic carbocycles. The maximum Gasteiger partial charge on any atom is 0.270 e. The average Bonchev–Trinajstić information content (AvgIpc) is 2.79. The van der Waals surface area contributed by atoms with Crippen molar-refractivity contribution in [1.29, 1.82) is 0 Å². The molecule has 106 valence electrons. The van der Waals surface area contributed by atoms with Crippen LogP contribution < -0.4 is 5.73 Å². The molecule has 2 N–H and O–H groups in total. The minimum Gasteiger partial charge on any atom is -0.397 e. The zero-order chi connectivity index (χ0) is 14.0. The summed E-state index contributed by atoms with van der Waals surface area (Å²) in [7, 11) is 0. The molecule has 1 amide bonds. The normalized spacial score (nSPS) is 23.6. The molecule has 1 saturated heterocycles. The number of nitrogen functional groups attached to an aromatic ring is 1. The summed E-state index contributed by atoms with van der Waals surface area (Å²) in [5, 5.41) is 0. The van der Waals surface area contributed by atoms with Crippen molar-refractivity contribution >= 4 is 11.6 Å². The molecule has 1 fully saturated rings. The Morgan fingerprint density at radius 3 is 2.89 bits per heavy atom. The number of aromatic nitrogens is 1. The molecule has 19 heavy (non-hydrogen) atoms. The molecule has 2 rings (SSSR count). The van der Waals surface area contributed by atoms with Crippen LogP contribution in [0.4, 0.5) is 5.69 Å². The number of amides is 1. The Kier molecular flexibility index (Phi) is 4.14. The van der Waals surface area contributed by atoms with Gasteiger partial charge in [-0.25, -0.2) is 0 Å². The standard InChI is InChI=1S/C14H23N3O2/c1-4-12-9-19-10(3)7-17(12)14(18)13-6-11(15)8-16(13)5-2/h6,8,10,12H,4-5,7,9,15H2,1-3H3. The lowest BCUT2D eigenvalue weighted by molar-refractivity contribution is -0.0447. The van der Waals surface area contributed by atoms with Gasteiger partial charge < -0.3 is 19.9 Å². The fourth-order valence-corrected chi connectivity index (χ4v) is 2.55. The van der Waals surface area contributed by atoms with Crippen LogP contribution in [-0.2, 0) is 11.3 Å². The van der Waals surface area contributed by atoms with Crippen LogP contribution in [0.25, 0.3) is 0 Å². The number of carbonyl (C=O) groups is 1. The number of aryl methyl sites for hydroxylation is 1. The van der Waals surface area contributed by atoms with Gasteiger partial charge in [0.2, 0.25) is 0 Å². The number of nitrogens with zero attached hydrogens (tertiary/aromatic N) is 2. The highest BCUT2D eigenvalue weighted by molar-refractivity contribution is 5.94. The van der Waals surface area contributed by atoms with Crippen molar-refractivity contribution in [3.8, 4) is 0 Å². The third-order valence-electron chi connectivity index (χ3n) is 3.68. The van der Waals surface area contributed by atoms with E-state index in [1.54, 1.807) is 6.07 Å². The Balaban J connectivity index is 2.25. The summed E-state index contributed by atoms with van der Waals surface area (Å²) in [5.41, 5.74) is 7.11. The van der Waals surface area contributed by atoms with Crippen molar-refractivity contribution in [1.82, 2.24) is 9.47 Å². The summed E-state index contributed by atoms with van der Waals surface area (Å²) in [6, 6.07) is 1.92. The van der Waals surface area contributed by atoms with E-state index in [1.807, 2.05) is 29.5 Å². The molecule has 2 atom stereocenters. The largest absolute Gasteiger partial charge is 0.397 e. The van der Waals surface area contributed by atoms with Crippen LogP contribution in [0.3, 0.4) is 0 Å². The Labute approximate surface area is 114 Å². The van der Waals surface area contributed by atoms with E-state index in [0.29, 0.717) is 24.5 Å². The van der Waals surface area contributed by atoms with Gasteiger partial charge in [0.25, 0.3) is 5.91 Å². The van der Waals surface area contributed by atoms with Crippen molar-refractivity contribution in [2.75, 3.05) is 18.9 Å². The molecule has 0 saturated carbocycles. The minimum absolute atomic E-state index is 0.0561. The third-order valence-corrected chi connectivity index (χ3v) is 3.68. The summed E-state index contributed by atoms with van der Waals surface area (Å²) >= 11 is 0. The van der Waals surface area contributed by atoms with Gasteiger partial charge in [-0.3, -0.25) is 4.79 Å². The Morgan fingerprint density at radius 2 is 2.26 bits per heavy atom. The van der Waals surface area contributed by atoms with Crippen molar-refractivity contribution in [3.05, 3.63) is 18.0 Å². The van der Waals surface area contributed by atoms with Crippen molar-refractivity contribution < 1.29 is 9.53 Å². The van der Waals surface area contributed by atoms with Gasteiger partial charge in [0.1, 0.15) is 5.69 Å². The summed E-state index contributed by atoms with van der Waals surface area (Å²) in [4.78, 5) is 14.6. The SMILES string of the molecule is CCC1COC(C)CN1C(=O)c1cc(N)cn1CC. The average molecular weight is 265 g/mol. The lowest BCUT2D eigenvalue weighted by Crippen LogP contribution is -2.51. The minimum atomic E-state index is 0.0561. The van der Waals surface area contributed by atoms with Crippen LogP contribution in [0, 0.1) is 0 Å². The van der Waals surface area contributed by atoms with Crippen LogP contribution >= 0.6 is 0 Å². The van der Waals surface area contributed by atoms with Gasteiger partial charge in [-0.1, -0.05) is 6.92 Å². The predicted molar refractivity (Wildman–Crippen MR) is 75.0 cm³/mol. The van der Waals surface area contributed by atoms with E-state index in [1.165, 1.54) is 0 Å². The maximum absolute atomic E-state index is 12.7. The van der Waals surface area contributed by atoms with Crippen LogP contribution in [-0.4, -0.2) is 40.7 Å². The summed E-state index contributed by atoms with van der Waals surface area (Å²) < 4.78 is 7.54. The number of nitrogens with two attached hydrogens (primary N) is 1. The number of morpholine rings is 1. The lowest BCUT2D eigenvalue weighted by Gasteiger charge is -2.38. The van der Waals surface area contributed by atoms with E-state index in [4.69, 9.17) is 10.5 Å². The van der Waals surface area contributed by atoms with Gasteiger partial charge in [0, 0.05) is 19.3 Å². The molecule has 5 heteroatoms. The van der Waals surface area contributed by atoms with E-state index in [2.05, 4.69) is 6.92 Å². The first-order chi connectivity index (χ1) is 9.06. The first-order valence-corrected chi connectivity index (χ1v) is 6.95. The van der Waals surface area contributed by atoms with Crippen LogP contribution in [0.5, 0.6) is 0 Å². The highest BCUT2D eigenvalue weighted by Gasteiger charge is 2.31. The summed E-state index contributed by atoms with van der Waals surface area (Å²) in [5.74, 6) is 0.0561. The Bertz CT molecular complexity index is 456. The third kappa shape index (κ3) is 2.76. The van der Waals surface area contributed by atoms with E-state index < -0.39 is 0 Å². The molecular formula is C14H23N3O2. The van der Waals surface area contributed by atoms with Gasteiger partial charge >= 0.3 is 0 Å². The summed E-state index contributed by atoms with van der Waals surface area (Å²) in [6.07, 6.45) is 2.81. The summed E-state index contributed by atoms with van der Waals surface area (Å²) in [6.45, 7) is 8.10. The molecule has 1 aliphatic rings. The van der Waals surface area contributed by atoms with Crippen LogP contribution in [0.1, 0.15) is 37.7 Å². The molecule has 5 nitrogen and oxygen atoms in total. The zero-order valence-electron chi connectivity index (χ0n) is 11.9. The topological polar surface area (TPSA) is 60.5 Å². The monoisotopic (exact) mass is 265 g/mol. The van der Waals surface area contributed by atoms with Gasteiger partial charge in [0.15, 0.2) is 0 Å². The van der Waals surface area contributed by atoms with Crippen molar-refractivity contribution in [2.45, 2.75) is 45.9 Å². The predicted octanol–water partition coefficient (Wildman–Crippen LogP) is 1.73. The number of carbonyl (C=O) groups excluding carboxylic acids is 1. The van der Waals surface area contributed by atoms with E-state index in [-0.39, 0.29) is 18.1 Å². The van der Waals surface area contributed by atoms with Crippen LogP contribution in [0.2, 0.25) is 0 Å². The number of ether oxygens (including phenoxy) is 1. The number of anilines is 1. The van der Waals surface area contributed by atoms with Crippen molar-refractivity contribution in [3.63, 3.8) is 0 Å². The van der Waals surface area contributed by atoms with Gasteiger partial charge in [-0.05, 0) is 26.3 Å². The molecule has 2 unspecified atom stereocenters. The van der Waals surface area contributed by atoms with E-state index >= 15 is 0 Å².